The summed E-state index contributed by atoms with van der Waals surface area (Å²) in [6, 6.07) is 12.1. The van der Waals surface area contributed by atoms with Crippen molar-refractivity contribution >= 4 is 51.7 Å². The maximum Gasteiger partial charge on any atom is 0.340 e. The number of para-hydroxylation sites is 1. The average Bonchev–Trinajstić information content (AvgIpc) is 3.10. The lowest BCUT2D eigenvalue weighted by Crippen LogP contribution is -2.34. The fourth-order valence-electron chi connectivity index (χ4n) is 4.66. The summed E-state index contributed by atoms with van der Waals surface area (Å²) in [5.41, 5.74) is 4.14. The molecule has 3 atom stereocenters. The summed E-state index contributed by atoms with van der Waals surface area (Å²) in [5, 5.41) is 1.86. The molecule has 1 aliphatic carbocycles. The monoisotopic (exact) mass is 492 g/mol. The maximum atomic E-state index is 12.9. The van der Waals surface area contributed by atoms with E-state index >= 15 is 0 Å². The number of fused-ring (bicyclic) bond motifs is 3. The first-order valence-corrected chi connectivity index (χ1v) is 12.0. The van der Waals surface area contributed by atoms with Crippen LogP contribution in [0.2, 0.25) is 15.1 Å². The topological polar surface area (TPSA) is 34.5 Å². The molecule has 4 rings (SSSR count). The van der Waals surface area contributed by atoms with Crippen molar-refractivity contribution in [3.05, 3.63) is 68.3 Å². The van der Waals surface area contributed by atoms with Gasteiger partial charge in [0.05, 0.1) is 26.7 Å². The minimum Gasteiger partial charge on any atom is -0.457 e. The first-order chi connectivity index (χ1) is 15.2. The molecule has 0 N–H and O–H groups in total. The molecule has 3 aromatic rings. The Bertz CT molecular complexity index is 1170. The lowest BCUT2D eigenvalue weighted by molar-refractivity contribution is 0.0234. The number of likely N-dealkylation sites (N-methyl/N-ethyl adjacent to an activating group) is 1. The molecule has 0 fully saturated rings. The van der Waals surface area contributed by atoms with Crippen molar-refractivity contribution in [2.75, 3.05) is 14.1 Å². The SMILES string of the molecule is CC(OC(=O)c1ccc(Cl)c(Cl)c1Cl)C(C)n1c2c(c3ccccc31)CC(N(C)C)CC2. The second kappa shape index (κ2) is 9.26. The Labute approximate surface area is 204 Å². The molecule has 170 valence electrons. The predicted molar refractivity (Wildman–Crippen MR) is 132 cm³/mol. The average molecular weight is 494 g/mol. The number of rotatable bonds is 5. The van der Waals surface area contributed by atoms with Gasteiger partial charge in [0.15, 0.2) is 0 Å². The Morgan fingerprint density at radius 3 is 2.53 bits per heavy atom. The standard InChI is InChI=1S/C25H27Cl3N2O2/c1-14(15(2)32-25(31)18-10-11-20(26)24(28)23(18)27)30-21-8-6-5-7-17(21)19-13-16(29(3)4)9-12-22(19)30/h5-8,10-11,14-16H,9,12-13H2,1-4H3. The smallest absolute Gasteiger partial charge is 0.340 e. The van der Waals surface area contributed by atoms with E-state index in [9.17, 15) is 4.79 Å². The highest BCUT2D eigenvalue weighted by molar-refractivity contribution is 6.49. The summed E-state index contributed by atoms with van der Waals surface area (Å²) in [5.74, 6) is -0.508. The maximum absolute atomic E-state index is 12.9. The van der Waals surface area contributed by atoms with E-state index in [0.717, 1.165) is 19.3 Å². The Morgan fingerprint density at radius 1 is 1.09 bits per heavy atom. The first kappa shape index (κ1) is 23.4. The van der Waals surface area contributed by atoms with Crippen molar-refractivity contribution in [1.82, 2.24) is 9.47 Å². The summed E-state index contributed by atoms with van der Waals surface area (Å²) >= 11 is 18.3. The molecular weight excluding hydrogens is 467 g/mol. The molecule has 1 heterocycles. The zero-order valence-corrected chi connectivity index (χ0v) is 20.9. The Kier molecular flexibility index (Phi) is 6.78. The highest BCUT2D eigenvalue weighted by Crippen LogP contribution is 2.37. The predicted octanol–water partition coefficient (Wildman–Crippen LogP) is 6.83. The van der Waals surface area contributed by atoms with E-state index in [4.69, 9.17) is 39.5 Å². The number of carbonyl (C=O) groups is 1. The quantitative estimate of drug-likeness (QED) is 0.289. The van der Waals surface area contributed by atoms with Gasteiger partial charge in [-0.2, -0.15) is 0 Å². The summed E-state index contributed by atoms with van der Waals surface area (Å²) < 4.78 is 8.19. The van der Waals surface area contributed by atoms with Crippen molar-refractivity contribution in [2.24, 2.45) is 0 Å². The van der Waals surface area contributed by atoms with E-state index in [2.05, 4.69) is 54.8 Å². The fourth-order valence-corrected chi connectivity index (χ4v) is 5.27. The van der Waals surface area contributed by atoms with Crippen molar-refractivity contribution in [1.29, 1.82) is 0 Å². The molecule has 0 aliphatic heterocycles. The number of ether oxygens (including phenoxy) is 1. The third kappa shape index (κ3) is 4.14. The molecule has 7 heteroatoms. The summed E-state index contributed by atoms with van der Waals surface area (Å²) in [4.78, 5) is 15.2. The molecule has 32 heavy (non-hydrogen) atoms. The van der Waals surface area contributed by atoms with Crippen molar-refractivity contribution in [2.45, 2.75) is 51.3 Å². The van der Waals surface area contributed by atoms with Crippen LogP contribution in [-0.2, 0) is 17.6 Å². The second-order valence-corrected chi connectivity index (χ2v) is 9.91. The van der Waals surface area contributed by atoms with Gasteiger partial charge in [0.1, 0.15) is 6.10 Å². The minimum absolute atomic E-state index is 0.0509. The van der Waals surface area contributed by atoms with Crippen molar-refractivity contribution in [3.8, 4) is 0 Å². The number of aromatic nitrogens is 1. The molecule has 0 amide bonds. The lowest BCUT2D eigenvalue weighted by atomic mass is 9.90. The third-order valence-electron chi connectivity index (χ3n) is 6.65. The van der Waals surface area contributed by atoms with Crippen LogP contribution in [0.5, 0.6) is 0 Å². The number of carbonyl (C=O) groups excluding carboxylic acids is 1. The Balaban J connectivity index is 1.65. The fraction of sp³-hybridized carbons (Fsp3) is 0.400. The molecule has 3 unspecified atom stereocenters. The minimum atomic E-state index is -0.508. The number of hydrogen-bond acceptors (Lipinski definition) is 3. The van der Waals surface area contributed by atoms with Gasteiger partial charge in [0, 0.05) is 22.6 Å². The van der Waals surface area contributed by atoms with Gasteiger partial charge in [-0.15, -0.1) is 0 Å². The van der Waals surface area contributed by atoms with Gasteiger partial charge < -0.3 is 14.2 Å². The molecule has 0 radical (unpaired) electrons. The van der Waals surface area contributed by atoms with Crippen LogP contribution in [-0.4, -0.2) is 41.7 Å². The molecule has 0 bridgehead atoms. The van der Waals surface area contributed by atoms with Crippen LogP contribution in [0, 0.1) is 0 Å². The van der Waals surface area contributed by atoms with E-state index in [1.807, 2.05) is 6.92 Å². The molecule has 4 nitrogen and oxygen atoms in total. The molecule has 0 spiro atoms. The highest BCUT2D eigenvalue weighted by Gasteiger charge is 2.30. The van der Waals surface area contributed by atoms with Crippen LogP contribution in [0.15, 0.2) is 36.4 Å². The molecule has 1 aromatic heterocycles. The van der Waals surface area contributed by atoms with E-state index in [-0.39, 0.29) is 27.8 Å². The zero-order valence-electron chi connectivity index (χ0n) is 18.7. The van der Waals surface area contributed by atoms with Crippen molar-refractivity contribution in [3.63, 3.8) is 0 Å². The van der Waals surface area contributed by atoms with Gasteiger partial charge in [0.2, 0.25) is 0 Å². The third-order valence-corrected chi connectivity index (χ3v) is 7.94. The Morgan fingerprint density at radius 2 is 1.81 bits per heavy atom. The molecule has 1 aliphatic rings. The van der Waals surface area contributed by atoms with Gasteiger partial charge in [0.25, 0.3) is 0 Å². The first-order valence-electron chi connectivity index (χ1n) is 10.8. The van der Waals surface area contributed by atoms with E-state index in [1.165, 1.54) is 22.2 Å². The highest BCUT2D eigenvalue weighted by atomic mass is 35.5. The lowest BCUT2D eigenvalue weighted by Gasteiger charge is -2.31. The number of esters is 1. The van der Waals surface area contributed by atoms with E-state index in [0.29, 0.717) is 11.1 Å². The zero-order chi connectivity index (χ0) is 23.2. The Hall–Kier alpha value is -1.72. The largest absolute Gasteiger partial charge is 0.457 e. The van der Waals surface area contributed by atoms with Crippen LogP contribution < -0.4 is 0 Å². The second-order valence-electron chi connectivity index (χ2n) is 8.75. The number of halogens is 3. The summed E-state index contributed by atoms with van der Waals surface area (Å²) in [6.45, 7) is 4.01. The van der Waals surface area contributed by atoms with Crippen LogP contribution in [0.3, 0.4) is 0 Å². The van der Waals surface area contributed by atoms with Crippen LogP contribution in [0.25, 0.3) is 10.9 Å². The number of benzene rings is 2. The molecule has 2 aromatic carbocycles. The van der Waals surface area contributed by atoms with Crippen LogP contribution >= 0.6 is 34.8 Å². The molecular formula is C25H27Cl3N2O2. The molecule has 0 saturated heterocycles. The van der Waals surface area contributed by atoms with E-state index in [1.54, 1.807) is 12.1 Å². The normalized spacial score (nSPS) is 17.9. The van der Waals surface area contributed by atoms with Gasteiger partial charge >= 0.3 is 5.97 Å². The summed E-state index contributed by atoms with van der Waals surface area (Å²) in [7, 11) is 4.29. The van der Waals surface area contributed by atoms with Gasteiger partial charge in [-0.3, -0.25) is 0 Å². The van der Waals surface area contributed by atoms with Crippen molar-refractivity contribution < 1.29 is 9.53 Å². The van der Waals surface area contributed by atoms with Crippen LogP contribution in [0.1, 0.15) is 47.9 Å². The van der Waals surface area contributed by atoms with Gasteiger partial charge in [-0.05, 0) is 71.0 Å². The number of hydrogen-bond donors (Lipinski definition) is 0. The van der Waals surface area contributed by atoms with Gasteiger partial charge in [-0.25, -0.2) is 4.79 Å². The van der Waals surface area contributed by atoms with Gasteiger partial charge in [-0.1, -0.05) is 53.0 Å². The van der Waals surface area contributed by atoms with Crippen LogP contribution in [0.4, 0.5) is 0 Å². The van der Waals surface area contributed by atoms with E-state index < -0.39 is 5.97 Å². The summed E-state index contributed by atoms with van der Waals surface area (Å²) in [6.07, 6.45) is 2.75. The number of nitrogens with zero attached hydrogens (tertiary/aromatic N) is 2. The molecule has 0 saturated carbocycles.